The maximum atomic E-state index is 10.9. The molecule has 1 atom stereocenters. The first-order chi connectivity index (χ1) is 7.02. The summed E-state index contributed by atoms with van der Waals surface area (Å²) >= 11 is 0.990. The van der Waals surface area contributed by atoms with Crippen LogP contribution in [-0.4, -0.2) is 37.5 Å². The minimum Gasteiger partial charge on any atom is -0.481 e. The summed E-state index contributed by atoms with van der Waals surface area (Å²) in [6.07, 6.45) is 1.35. The molecule has 0 aromatic carbocycles. The smallest absolute Gasteiger partial charge is 0.313 e. The molecule has 0 saturated carbocycles. The predicted molar refractivity (Wildman–Crippen MR) is 52.3 cm³/mol. The van der Waals surface area contributed by atoms with Crippen molar-refractivity contribution < 1.29 is 14.7 Å². The second kappa shape index (κ2) is 4.78. The Bertz CT molecular complexity index is 378. The molecular formula is C7H10N4O3S. The fourth-order valence-corrected chi connectivity index (χ4v) is 1.58. The second-order valence-electron chi connectivity index (χ2n) is 2.78. The van der Waals surface area contributed by atoms with Crippen LogP contribution in [-0.2, 0) is 9.59 Å². The lowest BCUT2D eigenvalue weighted by Crippen LogP contribution is -2.24. The van der Waals surface area contributed by atoms with E-state index in [9.17, 15) is 9.59 Å². The zero-order valence-electron chi connectivity index (χ0n) is 7.95. The highest BCUT2D eigenvalue weighted by atomic mass is 32.2. The zero-order valence-corrected chi connectivity index (χ0v) is 8.77. The highest BCUT2D eigenvalue weighted by Crippen LogP contribution is 2.18. The Morgan fingerprint density at radius 1 is 1.73 bits per heavy atom. The summed E-state index contributed by atoms with van der Waals surface area (Å²) in [5, 5.41) is 16.1. The van der Waals surface area contributed by atoms with Crippen LogP contribution in [0.3, 0.4) is 0 Å². The normalized spacial score (nSPS) is 12.3. The minimum absolute atomic E-state index is 0.135. The summed E-state index contributed by atoms with van der Waals surface area (Å²) in [5.41, 5.74) is 5.11. The maximum Gasteiger partial charge on any atom is 0.313 e. The van der Waals surface area contributed by atoms with Crippen molar-refractivity contribution in [1.29, 1.82) is 0 Å². The number of hydrogen-bond donors (Lipinski definition) is 2. The number of amides is 1. The summed E-state index contributed by atoms with van der Waals surface area (Å²) in [4.78, 5) is 21.2. The molecule has 1 heterocycles. The van der Waals surface area contributed by atoms with Gasteiger partial charge in [-0.3, -0.25) is 14.2 Å². The third-order valence-corrected chi connectivity index (χ3v) is 2.64. The first kappa shape index (κ1) is 11.5. The summed E-state index contributed by atoms with van der Waals surface area (Å²) in [5.74, 6) is -1.61. The molecule has 1 unspecified atom stereocenters. The van der Waals surface area contributed by atoms with E-state index in [1.165, 1.54) is 10.9 Å². The number of hydrogen-bond acceptors (Lipinski definition) is 5. The number of nitrogens with zero attached hydrogens (tertiary/aromatic N) is 3. The number of thioether (sulfide) groups is 1. The van der Waals surface area contributed by atoms with Gasteiger partial charge in [-0.15, -0.1) is 10.2 Å². The molecule has 1 amide bonds. The lowest BCUT2D eigenvalue weighted by atomic mass is 10.3. The monoisotopic (exact) mass is 230 g/mol. The molecule has 0 saturated heterocycles. The van der Waals surface area contributed by atoms with Crippen molar-refractivity contribution in [3.05, 3.63) is 6.33 Å². The standard InChI is InChI=1S/C7H10N4O3S/c1-4(6(8)14)11-3-9-10-7(11)15-2-5(12)13/h3-4H,2H2,1H3,(H2,8,14)(H,12,13). The van der Waals surface area contributed by atoms with Gasteiger partial charge in [0.25, 0.3) is 0 Å². The number of carboxylic acids is 1. The molecule has 0 aliphatic carbocycles. The van der Waals surface area contributed by atoms with Gasteiger partial charge in [-0.1, -0.05) is 11.8 Å². The van der Waals surface area contributed by atoms with Crippen LogP contribution in [0.15, 0.2) is 11.5 Å². The molecule has 3 N–H and O–H groups in total. The van der Waals surface area contributed by atoms with Gasteiger partial charge in [0.2, 0.25) is 5.91 Å². The molecule has 1 aromatic heterocycles. The average Bonchev–Trinajstić information content (AvgIpc) is 2.60. The SMILES string of the molecule is CC(C(N)=O)n1cnnc1SCC(=O)O. The van der Waals surface area contributed by atoms with Crippen LogP contribution in [0.25, 0.3) is 0 Å². The summed E-state index contributed by atoms with van der Waals surface area (Å²) in [6, 6.07) is -0.587. The van der Waals surface area contributed by atoms with Gasteiger partial charge in [0, 0.05) is 0 Å². The number of carbonyl (C=O) groups excluding carboxylic acids is 1. The number of nitrogens with two attached hydrogens (primary N) is 1. The van der Waals surface area contributed by atoms with E-state index in [1.54, 1.807) is 6.92 Å². The van der Waals surface area contributed by atoms with E-state index < -0.39 is 17.9 Å². The van der Waals surface area contributed by atoms with Crippen molar-refractivity contribution in [2.75, 3.05) is 5.75 Å². The predicted octanol–water partition coefficient (Wildman–Crippen LogP) is -0.499. The van der Waals surface area contributed by atoms with Gasteiger partial charge in [0.05, 0.1) is 5.75 Å². The van der Waals surface area contributed by atoms with E-state index in [1.807, 2.05) is 0 Å². The molecule has 0 radical (unpaired) electrons. The highest BCUT2D eigenvalue weighted by molar-refractivity contribution is 7.99. The van der Waals surface area contributed by atoms with E-state index in [0.29, 0.717) is 5.16 Å². The Labute approximate surface area is 89.7 Å². The van der Waals surface area contributed by atoms with E-state index in [2.05, 4.69) is 10.2 Å². The van der Waals surface area contributed by atoms with Gasteiger partial charge in [-0.05, 0) is 6.92 Å². The molecular weight excluding hydrogens is 220 g/mol. The molecule has 1 rings (SSSR count). The number of rotatable bonds is 5. The minimum atomic E-state index is -0.957. The van der Waals surface area contributed by atoms with Crippen LogP contribution in [0.4, 0.5) is 0 Å². The molecule has 1 aromatic rings. The van der Waals surface area contributed by atoms with Crippen molar-refractivity contribution in [3.63, 3.8) is 0 Å². The third-order valence-electron chi connectivity index (χ3n) is 1.69. The summed E-state index contributed by atoms with van der Waals surface area (Å²) < 4.78 is 1.44. The maximum absolute atomic E-state index is 10.9. The second-order valence-corrected chi connectivity index (χ2v) is 3.72. The van der Waals surface area contributed by atoms with Gasteiger partial charge in [0.1, 0.15) is 12.4 Å². The van der Waals surface area contributed by atoms with Gasteiger partial charge >= 0.3 is 5.97 Å². The quantitative estimate of drug-likeness (QED) is 0.660. The Morgan fingerprint density at radius 2 is 2.40 bits per heavy atom. The molecule has 15 heavy (non-hydrogen) atoms. The van der Waals surface area contributed by atoms with Crippen LogP contribution < -0.4 is 5.73 Å². The molecule has 0 fully saturated rings. The van der Waals surface area contributed by atoms with Crippen molar-refractivity contribution in [3.8, 4) is 0 Å². The molecule has 0 aliphatic rings. The van der Waals surface area contributed by atoms with Gasteiger partial charge < -0.3 is 10.8 Å². The summed E-state index contributed by atoms with van der Waals surface area (Å²) in [7, 11) is 0. The number of aromatic nitrogens is 3. The molecule has 7 nitrogen and oxygen atoms in total. The number of carbonyl (C=O) groups is 2. The number of aliphatic carboxylic acids is 1. The van der Waals surface area contributed by atoms with E-state index in [4.69, 9.17) is 10.8 Å². The van der Waals surface area contributed by atoms with Crippen molar-refractivity contribution in [2.24, 2.45) is 5.73 Å². The van der Waals surface area contributed by atoms with Crippen LogP contribution >= 0.6 is 11.8 Å². The highest BCUT2D eigenvalue weighted by Gasteiger charge is 2.16. The topological polar surface area (TPSA) is 111 Å². The van der Waals surface area contributed by atoms with Crippen LogP contribution in [0, 0.1) is 0 Å². The first-order valence-electron chi connectivity index (χ1n) is 4.05. The Kier molecular flexibility index (Phi) is 3.67. The third kappa shape index (κ3) is 2.94. The first-order valence-corrected chi connectivity index (χ1v) is 5.04. The van der Waals surface area contributed by atoms with Crippen LogP contribution in [0.2, 0.25) is 0 Å². The molecule has 0 bridgehead atoms. The average molecular weight is 230 g/mol. The zero-order chi connectivity index (χ0) is 11.4. The molecule has 82 valence electrons. The molecule has 0 aliphatic heterocycles. The van der Waals surface area contributed by atoms with Gasteiger partial charge in [-0.2, -0.15) is 0 Å². The van der Waals surface area contributed by atoms with Gasteiger partial charge in [0.15, 0.2) is 5.16 Å². The van der Waals surface area contributed by atoms with Crippen molar-refractivity contribution in [1.82, 2.24) is 14.8 Å². The van der Waals surface area contributed by atoms with Crippen molar-refractivity contribution in [2.45, 2.75) is 18.1 Å². The Balaban J connectivity index is 2.77. The fourth-order valence-electron chi connectivity index (χ4n) is 0.864. The lowest BCUT2D eigenvalue weighted by Gasteiger charge is -2.10. The van der Waals surface area contributed by atoms with Crippen molar-refractivity contribution >= 4 is 23.6 Å². The molecule has 0 spiro atoms. The Morgan fingerprint density at radius 3 is 2.93 bits per heavy atom. The fraction of sp³-hybridized carbons (Fsp3) is 0.429. The van der Waals surface area contributed by atoms with Crippen LogP contribution in [0.5, 0.6) is 0 Å². The van der Waals surface area contributed by atoms with Crippen LogP contribution in [0.1, 0.15) is 13.0 Å². The van der Waals surface area contributed by atoms with E-state index >= 15 is 0 Å². The Hall–Kier alpha value is -1.57. The number of primary amides is 1. The van der Waals surface area contributed by atoms with E-state index in [-0.39, 0.29) is 5.75 Å². The van der Waals surface area contributed by atoms with E-state index in [0.717, 1.165) is 11.8 Å². The largest absolute Gasteiger partial charge is 0.481 e. The summed E-state index contributed by atoms with van der Waals surface area (Å²) in [6.45, 7) is 1.59. The lowest BCUT2D eigenvalue weighted by molar-refractivity contribution is -0.133. The molecule has 8 heteroatoms. The number of carboxylic acid groups (broad SMARTS) is 1. The van der Waals surface area contributed by atoms with Gasteiger partial charge in [-0.25, -0.2) is 0 Å².